The van der Waals surface area contributed by atoms with Crippen LogP contribution in [0.2, 0.25) is 0 Å². The minimum atomic E-state index is -0.859. The van der Waals surface area contributed by atoms with Gasteiger partial charge in [0.05, 0.1) is 12.7 Å². The third kappa shape index (κ3) is 1.40. The molecule has 1 aliphatic rings. The third-order valence-corrected chi connectivity index (χ3v) is 1.52. The second-order valence-electron chi connectivity index (χ2n) is 2.29. The first kappa shape index (κ1) is 6.95. The first-order chi connectivity index (χ1) is 4.24. The van der Waals surface area contributed by atoms with Gasteiger partial charge in [-0.25, -0.2) is 0 Å². The molecule has 1 rings (SSSR count). The average molecular weight is 133 g/mol. The van der Waals surface area contributed by atoms with Crippen LogP contribution in [0.15, 0.2) is 0 Å². The molecule has 4 nitrogen and oxygen atoms in total. The summed E-state index contributed by atoms with van der Waals surface area (Å²) in [5.41, 5.74) is 0. The minimum Gasteiger partial charge on any atom is -0.395 e. The largest absolute Gasteiger partial charge is 0.395 e. The second kappa shape index (κ2) is 2.62. The fraction of sp³-hybridized carbons (Fsp3) is 1.00. The highest BCUT2D eigenvalue weighted by Gasteiger charge is 2.29. The predicted octanol–water partition coefficient (Wildman–Crippen LogP) is -1.98. The monoisotopic (exact) mass is 133 g/mol. The van der Waals surface area contributed by atoms with E-state index in [0.717, 1.165) is 0 Å². The first-order valence-corrected chi connectivity index (χ1v) is 2.97. The number of rotatable bonds is 1. The van der Waals surface area contributed by atoms with Gasteiger partial charge < -0.3 is 15.3 Å². The van der Waals surface area contributed by atoms with Crippen molar-refractivity contribution in [3.05, 3.63) is 0 Å². The minimum absolute atomic E-state index is 0.0336. The Morgan fingerprint density at radius 3 is 2.33 bits per heavy atom. The molecule has 0 saturated carbocycles. The van der Waals surface area contributed by atoms with Crippen LogP contribution in [0.5, 0.6) is 0 Å². The van der Waals surface area contributed by atoms with Crippen molar-refractivity contribution in [3.63, 3.8) is 0 Å². The Morgan fingerprint density at radius 2 is 2.11 bits per heavy atom. The summed E-state index contributed by atoms with van der Waals surface area (Å²) < 4.78 is 0. The quantitative estimate of drug-likeness (QED) is 0.334. The Hall–Kier alpha value is -0.160. The van der Waals surface area contributed by atoms with Crippen molar-refractivity contribution in [1.29, 1.82) is 0 Å². The zero-order valence-electron chi connectivity index (χ0n) is 4.99. The van der Waals surface area contributed by atoms with Gasteiger partial charge in [0.1, 0.15) is 6.23 Å². The highest BCUT2D eigenvalue weighted by atomic mass is 16.3. The summed E-state index contributed by atoms with van der Waals surface area (Å²) in [5, 5.41) is 28.8. The molecule has 3 atom stereocenters. The average Bonchev–Trinajstić information content (AvgIpc) is 2.13. The Morgan fingerprint density at radius 1 is 1.44 bits per heavy atom. The van der Waals surface area contributed by atoms with Crippen LogP contribution in [0.4, 0.5) is 0 Å². The van der Waals surface area contributed by atoms with Crippen molar-refractivity contribution in [3.8, 4) is 0 Å². The van der Waals surface area contributed by atoms with Crippen molar-refractivity contribution in [2.24, 2.45) is 0 Å². The van der Waals surface area contributed by atoms with Crippen LogP contribution in [0.1, 0.15) is 6.42 Å². The number of hydrogen-bond donors (Lipinski definition) is 4. The van der Waals surface area contributed by atoms with Crippen LogP contribution < -0.4 is 5.32 Å². The topological polar surface area (TPSA) is 72.7 Å². The van der Waals surface area contributed by atoms with Crippen molar-refractivity contribution < 1.29 is 15.3 Å². The maximum absolute atomic E-state index is 8.88. The summed E-state index contributed by atoms with van der Waals surface area (Å²) in [6.07, 6.45) is -1.15. The summed E-state index contributed by atoms with van der Waals surface area (Å²) in [5.74, 6) is 0. The highest BCUT2D eigenvalue weighted by Crippen LogP contribution is 2.09. The Balaban J connectivity index is 2.35. The van der Waals surface area contributed by atoms with Gasteiger partial charge in [-0.15, -0.1) is 0 Å². The van der Waals surface area contributed by atoms with Gasteiger partial charge in [-0.05, 0) is 6.42 Å². The molecule has 0 aromatic rings. The van der Waals surface area contributed by atoms with Crippen LogP contribution in [0.3, 0.4) is 0 Å². The number of aliphatic hydroxyl groups is 3. The van der Waals surface area contributed by atoms with Crippen LogP contribution in [0, 0.1) is 0 Å². The molecular weight excluding hydrogens is 122 g/mol. The van der Waals surface area contributed by atoms with Crippen molar-refractivity contribution in [2.75, 3.05) is 6.61 Å². The fourth-order valence-electron chi connectivity index (χ4n) is 0.968. The molecule has 9 heavy (non-hydrogen) atoms. The third-order valence-electron chi connectivity index (χ3n) is 1.52. The highest BCUT2D eigenvalue weighted by molar-refractivity contribution is 4.83. The summed E-state index contributed by atoms with van der Waals surface area (Å²) in [6, 6.07) is -0.144. The van der Waals surface area contributed by atoms with E-state index in [9.17, 15) is 0 Å². The van der Waals surface area contributed by atoms with Gasteiger partial charge in [-0.3, -0.25) is 5.32 Å². The number of nitrogens with one attached hydrogen (secondary N) is 1. The van der Waals surface area contributed by atoms with E-state index in [2.05, 4.69) is 5.32 Å². The summed E-state index contributed by atoms with van der Waals surface area (Å²) in [6.45, 7) is -0.0336. The zero-order valence-corrected chi connectivity index (χ0v) is 4.99. The van der Waals surface area contributed by atoms with Gasteiger partial charge in [0.2, 0.25) is 0 Å². The SMILES string of the molecule is OC[C@@H]1C[C@H](O)C(O)N1. The molecule has 0 spiro atoms. The van der Waals surface area contributed by atoms with E-state index in [0.29, 0.717) is 6.42 Å². The Kier molecular flexibility index (Phi) is 2.02. The lowest BCUT2D eigenvalue weighted by Gasteiger charge is -2.05. The zero-order chi connectivity index (χ0) is 6.85. The molecular formula is C5H11NO3. The van der Waals surface area contributed by atoms with E-state index in [1.54, 1.807) is 0 Å². The van der Waals surface area contributed by atoms with E-state index >= 15 is 0 Å². The van der Waals surface area contributed by atoms with Crippen molar-refractivity contribution >= 4 is 0 Å². The van der Waals surface area contributed by atoms with Gasteiger partial charge in [-0.1, -0.05) is 0 Å². The Bertz CT molecular complexity index is 88.2. The number of aliphatic hydroxyl groups excluding tert-OH is 3. The summed E-state index contributed by atoms with van der Waals surface area (Å²) in [7, 11) is 0. The molecule has 4 heteroatoms. The molecule has 0 bridgehead atoms. The summed E-state index contributed by atoms with van der Waals surface area (Å²) >= 11 is 0. The van der Waals surface area contributed by atoms with Crippen LogP contribution in [0.25, 0.3) is 0 Å². The molecule has 1 heterocycles. The van der Waals surface area contributed by atoms with Gasteiger partial charge in [0, 0.05) is 6.04 Å². The predicted molar refractivity (Wildman–Crippen MR) is 30.6 cm³/mol. The van der Waals surface area contributed by atoms with Crippen LogP contribution >= 0.6 is 0 Å². The van der Waals surface area contributed by atoms with Crippen LogP contribution in [-0.4, -0.2) is 40.3 Å². The van der Waals surface area contributed by atoms with Gasteiger partial charge in [0.15, 0.2) is 0 Å². The molecule has 1 saturated heterocycles. The molecule has 0 radical (unpaired) electrons. The maximum atomic E-state index is 8.88. The number of hydrogen-bond acceptors (Lipinski definition) is 4. The molecule has 1 unspecified atom stereocenters. The van der Waals surface area contributed by atoms with E-state index in [4.69, 9.17) is 15.3 Å². The lowest BCUT2D eigenvalue weighted by atomic mass is 10.2. The van der Waals surface area contributed by atoms with Crippen LogP contribution in [-0.2, 0) is 0 Å². The molecule has 1 aliphatic heterocycles. The molecule has 54 valence electrons. The molecule has 0 aromatic carbocycles. The van der Waals surface area contributed by atoms with Gasteiger partial charge >= 0.3 is 0 Å². The second-order valence-corrected chi connectivity index (χ2v) is 2.29. The lowest BCUT2D eigenvalue weighted by Crippen LogP contribution is -2.34. The smallest absolute Gasteiger partial charge is 0.131 e. The molecule has 0 aromatic heterocycles. The fourth-order valence-corrected chi connectivity index (χ4v) is 0.968. The van der Waals surface area contributed by atoms with E-state index in [-0.39, 0.29) is 12.6 Å². The van der Waals surface area contributed by atoms with E-state index in [1.807, 2.05) is 0 Å². The van der Waals surface area contributed by atoms with E-state index < -0.39 is 12.3 Å². The normalized spacial score (nSPS) is 43.7. The maximum Gasteiger partial charge on any atom is 0.131 e. The van der Waals surface area contributed by atoms with Gasteiger partial charge in [-0.2, -0.15) is 0 Å². The molecule has 4 N–H and O–H groups in total. The lowest BCUT2D eigenvalue weighted by molar-refractivity contribution is 0.0314. The van der Waals surface area contributed by atoms with Crippen molar-refractivity contribution in [1.82, 2.24) is 5.32 Å². The summed E-state index contributed by atoms with van der Waals surface area (Å²) in [4.78, 5) is 0. The molecule has 0 aliphatic carbocycles. The molecule has 1 fully saturated rings. The first-order valence-electron chi connectivity index (χ1n) is 2.97. The van der Waals surface area contributed by atoms with E-state index in [1.165, 1.54) is 0 Å². The standard InChI is InChI=1S/C5H11NO3/c7-2-3-1-4(8)5(9)6-3/h3-9H,1-2H2/t3-,4-,5?/m0/s1. The molecule has 0 amide bonds. The van der Waals surface area contributed by atoms with Gasteiger partial charge in [0.25, 0.3) is 0 Å². The Labute approximate surface area is 53.1 Å². The van der Waals surface area contributed by atoms with Crippen molar-refractivity contribution in [2.45, 2.75) is 24.8 Å².